The molecule has 0 aromatic rings. The Morgan fingerprint density at radius 3 is 2.58 bits per heavy atom. The largest absolute Gasteiger partial charge is 0.496 e. The van der Waals surface area contributed by atoms with Gasteiger partial charge in [0, 0.05) is 5.54 Å². The zero-order valence-electron chi connectivity index (χ0n) is 12.6. The van der Waals surface area contributed by atoms with Gasteiger partial charge in [0.2, 0.25) is 0 Å². The molecule has 1 unspecified atom stereocenters. The van der Waals surface area contributed by atoms with Crippen molar-refractivity contribution in [2.75, 3.05) is 20.7 Å². The van der Waals surface area contributed by atoms with Crippen molar-refractivity contribution in [1.82, 2.24) is 10.3 Å². The van der Waals surface area contributed by atoms with Crippen LogP contribution in [0.5, 0.6) is 0 Å². The Morgan fingerprint density at radius 2 is 2.11 bits per heavy atom. The van der Waals surface area contributed by atoms with E-state index in [4.69, 9.17) is 10.6 Å². The molecule has 1 aliphatic heterocycles. The number of rotatable bonds is 4. The first-order valence-electron chi connectivity index (χ1n) is 7.56. The van der Waals surface area contributed by atoms with Crippen molar-refractivity contribution in [3.63, 3.8) is 0 Å². The average molecular weight is 267 g/mol. The zero-order chi connectivity index (χ0) is 13.9. The van der Waals surface area contributed by atoms with Crippen LogP contribution < -0.4 is 11.3 Å². The van der Waals surface area contributed by atoms with Crippen LogP contribution in [0.2, 0.25) is 0 Å². The van der Waals surface area contributed by atoms with Crippen LogP contribution in [-0.2, 0) is 4.74 Å². The highest BCUT2D eigenvalue weighted by Crippen LogP contribution is 2.40. The molecule has 19 heavy (non-hydrogen) atoms. The molecule has 0 bridgehead atoms. The zero-order valence-corrected chi connectivity index (χ0v) is 12.6. The van der Waals surface area contributed by atoms with Crippen LogP contribution in [0.3, 0.4) is 0 Å². The molecule has 1 atom stereocenters. The van der Waals surface area contributed by atoms with Gasteiger partial charge >= 0.3 is 0 Å². The molecule has 2 aliphatic rings. The summed E-state index contributed by atoms with van der Waals surface area (Å²) in [6.07, 6.45) is 9.33. The molecule has 1 aliphatic carbocycles. The summed E-state index contributed by atoms with van der Waals surface area (Å²) in [6, 6.07) is 0.107. The third kappa shape index (κ3) is 2.96. The number of nitrogens with one attached hydrogen (secondary N) is 1. The van der Waals surface area contributed by atoms with E-state index in [0.717, 1.165) is 31.1 Å². The lowest BCUT2D eigenvalue weighted by Crippen LogP contribution is -2.63. The topological polar surface area (TPSA) is 50.5 Å². The highest BCUT2D eigenvalue weighted by Gasteiger charge is 2.45. The van der Waals surface area contributed by atoms with E-state index in [0.29, 0.717) is 0 Å². The van der Waals surface area contributed by atoms with E-state index < -0.39 is 0 Å². The van der Waals surface area contributed by atoms with Crippen LogP contribution >= 0.6 is 0 Å². The Labute approximate surface area is 117 Å². The number of likely N-dealkylation sites (N-methyl/N-ethyl adjacent to an activating group) is 1. The SMILES string of the molecule is CC1CCC(C(NN)C2=CCCCO2)(N(C)C)CC1. The quantitative estimate of drug-likeness (QED) is 0.604. The first kappa shape index (κ1) is 14.8. The van der Waals surface area contributed by atoms with E-state index in [1.807, 2.05) is 0 Å². The maximum atomic E-state index is 5.89. The van der Waals surface area contributed by atoms with E-state index in [1.54, 1.807) is 0 Å². The van der Waals surface area contributed by atoms with Crippen molar-refractivity contribution in [3.05, 3.63) is 11.8 Å². The fourth-order valence-electron chi connectivity index (χ4n) is 3.54. The second-order valence-corrected chi connectivity index (χ2v) is 6.38. The molecule has 0 amide bonds. The molecule has 4 heteroatoms. The molecule has 2 rings (SSSR count). The molecule has 110 valence electrons. The molecule has 0 saturated heterocycles. The smallest absolute Gasteiger partial charge is 0.112 e. The standard InChI is InChI=1S/C15H29N3O/c1-12-7-9-15(10-8-12,18(2)3)14(17-16)13-6-4-5-11-19-13/h6,12,14,17H,4-5,7-11,16H2,1-3H3. The number of allylic oxidation sites excluding steroid dienone is 1. The predicted octanol–water partition coefficient (Wildman–Crippen LogP) is 2.02. The Morgan fingerprint density at radius 1 is 1.42 bits per heavy atom. The van der Waals surface area contributed by atoms with Crippen LogP contribution in [0, 0.1) is 5.92 Å². The number of hydrogen-bond acceptors (Lipinski definition) is 4. The first-order chi connectivity index (χ1) is 9.10. The van der Waals surface area contributed by atoms with E-state index in [1.165, 1.54) is 25.7 Å². The third-order valence-corrected chi connectivity index (χ3v) is 4.98. The summed E-state index contributed by atoms with van der Waals surface area (Å²) >= 11 is 0. The number of hydrazine groups is 1. The number of nitrogens with two attached hydrogens (primary N) is 1. The predicted molar refractivity (Wildman–Crippen MR) is 78.4 cm³/mol. The molecule has 0 spiro atoms. The van der Waals surface area contributed by atoms with Crippen LogP contribution in [-0.4, -0.2) is 37.2 Å². The van der Waals surface area contributed by atoms with Crippen LogP contribution in [0.15, 0.2) is 11.8 Å². The van der Waals surface area contributed by atoms with Crippen molar-refractivity contribution >= 4 is 0 Å². The summed E-state index contributed by atoms with van der Waals surface area (Å²) in [5, 5.41) is 0. The second-order valence-electron chi connectivity index (χ2n) is 6.38. The van der Waals surface area contributed by atoms with E-state index in [9.17, 15) is 0 Å². The van der Waals surface area contributed by atoms with E-state index >= 15 is 0 Å². The van der Waals surface area contributed by atoms with Crippen LogP contribution in [0.1, 0.15) is 45.4 Å². The number of nitrogens with zero attached hydrogens (tertiary/aromatic N) is 1. The molecule has 0 aromatic carbocycles. The molecule has 3 N–H and O–H groups in total. The normalized spacial score (nSPS) is 33.7. The van der Waals surface area contributed by atoms with Crippen LogP contribution in [0.25, 0.3) is 0 Å². The van der Waals surface area contributed by atoms with Gasteiger partial charge in [-0.3, -0.25) is 5.84 Å². The van der Waals surface area contributed by atoms with Gasteiger partial charge in [-0.15, -0.1) is 0 Å². The minimum absolute atomic E-state index is 0.0877. The minimum Gasteiger partial charge on any atom is -0.496 e. The lowest BCUT2D eigenvalue weighted by Gasteiger charge is -2.49. The molecule has 4 nitrogen and oxygen atoms in total. The van der Waals surface area contributed by atoms with Gasteiger partial charge in [0.15, 0.2) is 0 Å². The maximum Gasteiger partial charge on any atom is 0.112 e. The van der Waals surface area contributed by atoms with Gasteiger partial charge in [-0.1, -0.05) is 6.92 Å². The van der Waals surface area contributed by atoms with Gasteiger partial charge in [-0.05, 0) is 64.6 Å². The lowest BCUT2D eigenvalue weighted by molar-refractivity contribution is 0.0274. The Hall–Kier alpha value is -0.580. The van der Waals surface area contributed by atoms with Gasteiger partial charge < -0.3 is 9.64 Å². The molecule has 1 saturated carbocycles. The van der Waals surface area contributed by atoms with Crippen molar-refractivity contribution in [1.29, 1.82) is 0 Å². The summed E-state index contributed by atoms with van der Waals surface area (Å²) in [6.45, 7) is 3.17. The average Bonchev–Trinajstić information content (AvgIpc) is 2.43. The fourth-order valence-corrected chi connectivity index (χ4v) is 3.54. The molecule has 0 aromatic heterocycles. The van der Waals surface area contributed by atoms with Crippen molar-refractivity contribution in [3.8, 4) is 0 Å². The molecular weight excluding hydrogens is 238 g/mol. The first-order valence-corrected chi connectivity index (χ1v) is 7.56. The highest BCUT2D eigenvalue weighted by atomic mass is 16.5. The van der Waals surface area contributed by atoms with Crippen molar-refractivity contribution in [2.45, 2.75) is 57.0 Å². The minimum atomic E-state index is 0.0877. The number of hydrogen-bond donors (Lipinski definition) is 2. The van der Waals surface area contributed by atoms with E-state index in [-0.39, 0.29) is 11.6 Å². The van der Waals surface area contributed by atoms with Gasteiger partial charge in [0.05, 0.1) is 12.6 Å². The lowest BCUT2D eigenvalue weighted by atomic mass is 9.71. The Kier molecular flexibility index (Phi) is 4.87. The highest BCUT2D eigenvalue weighted by molar-refractivity contribution is 5.16. The van der Waals surface area contributed by atoms with Gasteiger partial charge in [-0.25, -0.2) is 5.43 Å². The third-order valence-electron chi connectivity index (χ3n) is 4.98. The van der Waals surface area contributed by atoms with Gasteiger partial charge in [-0.2, -0.15) is 0 Å². The fraction of sp³-hybridized carbons (Fsp3) is 0.867. The summed E-state index contributed by atoms with van der Waals surface area (Å²) in [4.78, 5) is 2.35. The van der Waals surface area contributed by atoms with Crippen LogP contribution in [0.4, 0.5) is 0 Å². The summed E-state index contributed by atoms with van der Waals surface area (Å²) in [7, 11) is 4.34. The summed E-state index contributed by atoms with van der Waals surface area (Å²) < 4.78 is 5.88. The van der Waals surface area contributed by atoms with Gasteiger partial charge in [0.1, 0.15) is 5.76 Å². The summed E-state index contributed by atoms with van der Waals surface area (Å²) in [5.74, 6) is 7.77. The molecule has 0 radical (unpaired) electrons. The van der Waals surface area contributed by atoms with Crippen molar-refractivity contribution < 1.29 is 4.74 Å². The van der Waals surface area contributed by atoms with Crippen molar-refractivity contribution in [2.24, 2.45) is 11.8 Å². The van der Waals surface area contributed by atoms with Gasteiger partial charge in [0.25, 0.3) is 0 Å². The monoisotopic (exact) mass is 267 g/mol. The number of ether oxygens (including phenoxy) is 1. The summed E-state index contributed by atoms with van der Waals surface area (Å²) in [5.41, 5.74) is 3.13. The van der Waals surface area contributed by atoms with E-state index in [2.05, 4.69) is 37.4 Å². The molecular formula is C15H29N3O. The Balaban J connectivity index is 2.23. The molecule has 1 heterocycles. The molecule has 1 fully saturated rings. The Bertz CT molecular complexity index is 319. The second kappa shape index (κ2) is 6.25. The maximum absolute atomic E-state index is 5.89.